The van der Waals surface area contributed by atoms with Gasteiger partial charge in [-0.3, -0.25) is 0 Å². The van der Waals surface area contributed by atoms with Crippen molar-refractivity contribution in [1.29, 1.82) is 0 Å². The molecule has 0 radical (unpaired) electrons. The first-order chi connectivity index (χ1) is 46.9. The molecule has 0 atom stereocenters. The minimum Gasteiger partial charge on any atom is -0.382 e. The third-order valence-corrected chi connectivity index (χ3v) is 22.1. The van der Waals surface area contributed by atoms with E-state index in [1.165, 1.54) is 38.0 Å². The Hall–Kier alpha value is -8.58. The Kier molecular flexibility index (Phi) is 20.0. The minimum absolute atomic E-state index is 0.304. The molecule has 12 N–H and O–H groups in total. The highest BCUT2D eigenvalue weighted by molar-refractivity contribution is 7.99. The van der Waals surface area contributed by atoms with Crippen molar-refractivity contribution in [3.05, 3.63) is 71.3 Å². The van der Waals surface area contributed by atoms with Crippen molar-refractivity contribution in [3.8, 4) is 0 Å². The van der Waals surface area contributed by atoms with Crippen molar-refractivity contribution in [2.24, 2.45) is 0 Å². The van der Waals surface area contributed by atoms with E-state index < -0.39 is 0 Å². The summed E-state index contributed by atoms with van der Waals surface area (Å²) in [4.78, 5) is 86.3. The van der Waals surface area contributed by atoms with Crippen LogP contribution in [0, 0.1) is 0 Å². The maximum Gasteiger partial charge on any atom is 0.170 e. The summed E-state index contributed by atoms with van der Waals surface area (Å²) in [5.74, 6) is 4.45. The number of aryl methyl sites for hydroxylation is 6. The molecule has 12 aromatic heterocycles. The molecule has 0 saturated carbocycles. The van der Waals surface area contributed by atoms with Gasteiger partial charge in [0.2, 0.25) is 0 Å². The fourth-order valence-corrected chi connectivity index (χ4v) is 18.4. The number of nitrogen functional groups attached to an aromatic ring is 6. The van der Waals surface area contributed by atoms with E-state index in [2.05, 4.69) is 98.8 Å². The molecule has 0 fully saturated rings. The van der Waals surface area contributed by atoms with Gasteiger partial charge in [0.15, 0.2) is 133 Å². The van der Waals surface area contributed by atoms with Gasteiger partial charge in [0.05, 0.1) is 0 Å². The molecule has 0 aliphatic carbocycles. The number of imidazole rings is 6. The lowest BCUT2D eigenvalue weighted by Gasteiger charge is -2.27. The average molecular weight is 1410 g/mol. The highest BCUT2D eigenvalue weighted by Gasteiger charge is 2.31. The molecule has 30 nitrogen and oxygen atoms in total. The topological polar surface area (TPSA) is 418 Å². The van der Waals surface area contributed by atoms with E-state index in [1.54, 1.807) is 70.6 Å². The molecule has 0 aliphatic rings. The van der Waals surface area contributed by atoms with Crippen LogP contribution in [-0.2, 0) is 73.8 Å². The first kappa shape index (κ1) is 66.1. The van der Waals surface area contributed by atoms with Gasteiger partial charge in [-0.2, -0.15) is 0 Å². The zero-order chi connectivity index (χ0) is 66.7. The summed E-state index contributed by atoms with van der Waals surface area (Å²) in [6.45, 7) is 16.7. The number of thioether (sulfide) groups is 6. The predicted octanol–water partition coefficient (Wildman–Crippen LogP) is 10.2. The summed E-state index contributed by atoms with van der Waals surface area (Å²) in [6, 6.07) is 0. The number of benzene rings is 1. The third kappa shape index (κ3) is 12.6. The van der Waals surface area contributed by atoms with Crippen molar-refractivity contribution < 1.29 is 0 Å². The van der Waals surface area contributed by atoms with Gasteiger partial charge in [-0.1, -0.05) is 112 Å². The molecule has 0 amide bonds. The largest absolute Gasteiger partial charge is 0.382 e. The quantitative estimate of drug-likeness (QED) is 0.0228. The van der Waals surface area contributed by atoms with E-state index in [0.717, 1.165) is 103 Å². The molecule has 498 valence electrons. The Labute approximate surface area is 576 Å². The fourth-order valence-electron chi connectivity index (χ4n) is 11.8. The van der Waals surface area contributed by atoms with Crippen LogP contribution >= 0.6 is 70.6 Å². The zero-order valence-electron chi connectivity index (χ0n) is 53.8. The number of rotatable bonds is 30. The van der Waals surface area contributed by atoms with E-state index in [0.29, 0.717) is 176 Å². The number of nitrogens with two attached hydrogens (primary N) is 6. The van der Waals surface area contributed by atoms with Crippen LogP contribution in [0.4, 0.5) is 34.9 Å². The molecule has 0 aliphatic heterocycles. The van der Waals surface area contributed by atoms with Crippen LogP contribution in [0.15, 0.2) is 68.9 Å². The summed E-state index contributed by atoms with van der Waals surface area (Å²) in [5, 5.41) is 4.48. The van der Waals surface area contributed by atoms with Crippen LogP contribution < -0.4 is 34.4 Å². The molecule has 1 aromatic carbocycles. The van der Waals surface area contributed by atoms with Gasteiger partial charge < -0.3 is 61.8 Å². The molecule has 0 saturated heterocycles. The number of fused-ring (bicyclic) bond motifs is 6. The number of aromatic nitrogens is 24. The molecule has 12 heterocycles. The van der Waals surface area contributed by atoms with E-state index in [1.807, 2.05) is 0 Å². The van der Waals surface area contributed by atoms with Gasteiger partial charge in [-0.05, 0) is 71.9 Å². The lowest BCUT2D eigenvalue weighted by Crippen LogP contribution is -2.14. The van der Waals surface area contributed by atoms with Crippen LogP contribution in [0.3, 0.4) is 0 Å². The van der Waals surface area contributed by atoms with E-state index in [4.69, 9.17) is 94.2 Å². The molecular weight excluding hydrogens is 1330 g/mol. The minimum atomic E-state index is 0.304. The zero-order valence-corrected chi connectivity index (χ0v) is 58.7. The lowest BCUT2D eigenvalue weighted by atomic mass is 9.90. The van der Waals surface area contributed by atoms with Gasteiger partial charge in [-0.25, -0.2) is 89.7 Å². The Balaban J connectivity index is 1.11. The van der Waals surface area contributed by atoms with Gasteiger partial charge in [-0.15, -0.1) is 0 Å². The monoisotopic (exact) mass is 1400 g/mol. The molecule has 36 heteroatoms. The van der Waals surface area contributed by atoms with Crippen molar-refractivity contribution in [2.45, 2.75) is 185 Å². The van der Waals surface area contributed by atoms with E-state index >= 15 is 0 Å². The summed E-state index contributed by atoms with van der Waals surface area (Å²) in [7, 11) is 0. The Morgan fingerprint density at radius 2 is 0.385 bits per heavy atom. The van der Waals surface area contributed by atoms with Gasteiger partial charge in [0.1, 0.15) is 38.0 Å². The molecular formula is C60H72N30S6. The fraction of sp³-hybridized carbons (Fsp3) is 0.400. The summed E-state index contributed by atoms with van der Waals surface area (Å²) < 4.78 is 12.9. The lowest BCUT2D eigenvalue weighted by molar-refractivity contribution is 0.632. The normalized spacial score (nSPS) is 12.1. The van der Waals surface area contributed by atoms with Crippen molar-refractivity contribution in [2.75, 3.05) is 34.4 Å². The van der Waals surface area contributed by atoms with Crippen LogP contribution in [-0.4, -0.2) is 117 Å². The second kappa shape index (κ2) is 29.0. The first-order valence-corrected chi connectivity index (χ1v) is 37.5. The number of anilines is 6. The highest BCUT2D eigenvalue weighted by atomic mass is 32.2. The highest BCUT2D eigenvalue weighted by Crippen LogP contribution is 2.46. The molecule has 0 unspecified atom stereocenters. The van der Waals surface area contributed by atoms with Gasteiger partial charge in [0, 0.05) is 73.8 Å². The average Bonchev–Trinajstić information content (AvgIpc) is 1.64. The maximum absolute atomic E-state index is 6.63. The molecule has 0 spiro atoms. The van der Waals surface area contributed by atoms with E-state index in [-0.39, 0.29) is 0 Å². The van der Waals surface area contributed by atoms with Crippen LogP contribution in [0.2, 0.25) is 0 Å². The van der Waals surface area contributed by atoms with Crippen molar-refractivity contribution in [1.82, 2.24) is 117 Å². The Morgan fingerprint density at radius 1 is 0.240 bits per heavy atom. The molecule has 13 rings (SSSR count). The summed E-state index contributed by atoms with van der Waals surface area (Å²) in [6.07, 6.45) is 13.9. The summed E-state index contributed by atoms with van der Waals surface area (Å²) in [5.41, 5.74) is 53.5. The third-order valence-electron chi connectivity index (χ3n) is 16.1. The van der Waals surface area contributed by atoms with Crippen molar-refractivity contribution >= 4 is 172 Å². The van der Waals surface area contributed by atoms with Gasteiger partial charge >= 0.3 is 0 Å². The van der Waals surface area contributed by atoms with Crippen LogP contribution in [0.1, 0.15) is 113 Å². The second-order valence-corrected chi connectivity index (χ2v) is 28.1. The second-order valence-electron chi connectivity index (χ2n) is 22.5. The van der Waals surface area contributed by atoms with Crippen LogP contribution in [0.25, 0.3) is 67.0 Å². The van der Waals surface area contributed by atoms with Crippen molar-refractivity contribution in [3.63, 3.8) is 0 Å². The molecule has 13 aromatic rings. The standard InChI is InChI=1S/C60H72N30S6/c1-7-13-85-49-37(43(61)67-25-73-49)79-55(85)91-19-31-32(20-92-56-80-38-44(62)68-26-74-50(38)86(56)14-8-2)34(22-94-58-82-40-46(64)70-28-76-52(40)88(58)16-10-4)36(24-96-60-84-42-48(66)72-30-78-54(42)90(60)18-12-6)35(23-95-59-83-41-47(65)71-29-77-53(41)89(59)17-11-5)33(31)21-93-57-81-39-45(63)69-27-75-51(39)87(57)15-9-3/h25-30H,7-24H2,1-6H3,(H2,61,67,73)(H2,62,68,74)(H2,63,69,75)(H2,64,70,76)(H2,65,71,77)(H2,66,72,78). The van der Waals surface area contributed by atoms with Crippen LogP contribution in [0.5, 0.6) is 0 Å². The SMILES string of the molecule is CCCn1c(SCc2c(CSc3nc4c(N)ncnc4n3CCC)c(CSc3nc4c(N)ncnc4n3CCC)c(CSc3nc4c(N)ncnc4n3CCC)c(CSc3nc4c(N)ncnc4n3CCC)c2CSc2nc3c(N)ncnc3n2CCC)nc2c(N)ncnc21. The number of hydrogen-bond donors (Lipinski definition) is 6. The number of nitrogens with zero attached hydrogens (tertiary/aromatic N) is 24. The molecule has 0 bridgehead atoms. The van der Waals surface area contributed by atoms with Gasteiger partial charge in [0.25, 0.3) is 0 Å². The maximum atomic E-state index is 6.63. The Bertz CT molecular complexity index is 4190. The summed E-state index contributed by atoms with van der Waals surface area (Å²) >= 11 is 9.79. The number of hydrogen-bond acceptors (Lipinski definition) is 30. The smallest absolute Gasteiger partial charge is 0.170 e. The predicted molar refractivity (Wildman–Crippen MR) is 384 cm³/mol. The molecule has 96 heavy (non-hydrogen) atoms. The van der Waals surface area contributed by atoms with E-state index in [9.17, 15) is 0 Å². The first-order valence-electron chi connectivity index (χ1n) is 31.6. The Morgan fingerprint density at radius 3 is 0.521 bits per heavy atom.